The van der Waals surface area contributed by atoms with Gasteiger partial charge in [0.1, 0.15) is 11.8 Å². The summed E-state index contributed by atoms with van der Waals surface area (Å²) in [5.74, 6) is -0.241. The third-order valence-electron chi connectivity index (χ3n) is 4.68. The molecule has 0 spiro atoms. The maximum absolute atomic E-state index is 12.7. The minimum absolute atomic E-state index is 0.145. The zero-order chi connectivity index (χ0) is 17.7. The Balaban J connectivity index is 1.46. The predicted octanol–water partition coefficient (Wildman–Crippen LogP) is 3.06. The monoisotopic (exact) mass is 343 g/mol. The van der Waals surface area contributed by atoms with Crippen molar-refractivity contribution in [2.45, 2.75) is 12.5 Å². The van der Waals surface area contributed by atoms with Crippen molar-refractivity contribution in [2.75, 3.05) is 0 Å². The molecular formula is C20H13N3O3. The Morgan fingerprint density at radius 3 is 2.38 bits per heavy atom. The minimum atomic E-state index is -0.486. The van der Waals surface area contributed by atoms with Crippen LogP contribution in [0.4, 0.5) is 0 Å². The molecule has 0 fully saturated rings. The van der Waals surface area contributed by atoms with Crippen LogP contribution >= 0.6 is 0 Å². The van der Waals surface area contributed by atoms with E-state index in [2.05, 4.69) is 10.3 Å². The lowest BCUT2D eigenvalue weighted by atomic mass is 9.87. The van der Waals surface area contributed by atoms with Crippen LogP contribution in [0.3, 0.4) is 0 Å². The highest BCUT2D eigenvalue weighted by atomic mass is 16.5. The van der Waals surface area contributed by atoms with Crippen LogP contribution < -0.4 is 0 Å². The van der Waals surface area contributed by atoms with Gasteiger partial charge in [0.25, 0.3) is 0 Å². The highest BCUT2D eigenvalue weighted by Crippen LogP contribution is 2.41. The molecule has 6 heteroatoms. The molecule has 5 rings (SSSR count). The number of hydrogen-bond acceptors (Lipinski definition) is 5. The van der Waals surface area contributed by atoms with Crippen molar-refractivity contribution in [1.82, 2.24) is 15.0 Å². The van der Waals surface area contributed by atoms with Crippen molar-refractivity contribution in [3.63, 3.8) is 0 Å². The summed E-state index contributed by atoms with van der Waals surface area (Å²) in [6.07, 6.45) is 1.60. The minimum Gasteiger partial charge on any atom is -0.479 e. The molecule has 1 aromatic heterocycles. The molecule has 0 saturated carbocycles. The first-order valence-corrected chi connectivity index (χ1v) is 8.28. The van der Waals surface area contributed by atoms with E-state index < -0.39 is 6.10 Å². The van der Waals surface area contributed by atoms with E-state index in [9.17, 15) is 9.59 Å². The number of benzene rings is 2. The number of carbonyl (C=O) groups is 2. The summed E-state index contributed by atoms with van der Waals surface area (Å²) in [6, 6.07) is 16.4. The van der Waals surface area contributed by atoms with Crippen LogP contribution in [0, 0.1) is 0 Å². The highest BCUT2D eigenvalue weighted by molar-refractivity contribution is 6.26. The van der Waals surface area contributed by atoms with E-state index in [0.29, 0.717) is 28.8 Å². The Kier molecular flexibility index (Phi) is 3.12. The molecule has 1 atom stereocenters. The normalized spacial score (nSPS) is 18.5. The fourth-order valence-electron chi connectivity index (χ4n) is 3.38. The van der Waals surface area contributed by atoms with Gasteiger partial charge in [-0.25, -0.2) is 4.68 Å². The Bertz CT molecular complexity index is 1040. The second kappa shape index (κ2) is 5.49. The largest absolute Gasteiger partial charge is 0.479 e. The quantitative estimate of drug-likeness (QED) is 0.715. The number of rotatable bonds is 2. The Hall–Kier alpha value is -3.54. The average Bonchev–Trinajstić information content (AvgIpc) is 3.34. The molecule has 1 aliphatic carbocycles. The molecule has 1 aliphatic heterocycles. The summed E-state index contributed by atoms with van der Waals surface area (Å²) in [4.78, 5) is 25.4. The van der Waals surface area contributed by atoms with Crippen LogP contribution in [0.2, 0.25) is 0 Å². The SMILES string of the molecule is O=C1C2=C(OC(c3cn(-c4ccccc4)nn3)C2)C(=O)c2ccccc21. The molecule has 2 heterocycles. The maximum Gasteiger partial charge on any atom is 0.228 e. The van der Waals surface area contributed by atoms with Crippen molar-refractivity contribution in [1.29, 1.82) is 0 Å². The number of carbonyl (C=O) groups excluding carboxylic acids is 2. The number of aromatic nitrogens is 3. The number of allylic oxidation sites excluding steroid dienone is 1. The Morgan fingerprint density at radius 2 is 1.62 bits per heavy atom. The molecule has 0 N–H and O–H groups in total. The Morgan fingerprint density at radius 1 is 0.923 bits per heavy atom. The summed E-state index contributed by atoms with van der Waals surface area (Å²) >= 11 is 0. The summed E-state index contributed by atoms with van der Waals surface area (Å²) in [6.45, 7) is 0. The smallest absolute Gasteiger partial charge is 0.228 e. The maximum atomic E-state index is 12.7. The molecule has 3 aromatic rings. The van der Waals surface area contributed by atoms with E-state index in [1.807, 2.05) is 30.3 Å². The van der Waals surface area contributed by atoms with Crippen LogP contribution in [0.5, 0.6) is 0 Å². The van der Waals surface area contributed by atoms with Crippen LogP contribution in [-0.2, 0) is 4.74 Å². The summed E-state index contributed by atoms with van der Waals surface area (Å²) in [5, 5.41) is 8.29. The van der Waals surface area contributed by atoms with Gasteiger partial charge < -0.3 is 4.74 Å². The van der Waals surface area contributed by atoms with Gasteiger partial charge in [0.2, 0.25) is 5.78 Å². The number of nitrogens with zero attached hydrogens (tertiary/aromatic N) is 3. The standard InChI is InChI=1S/C20H13N3O3/c24-18-13-8-4-5-9-14(13)19(25)20-15(18)10-17(26-20)16-11-23(22-21-16)12-6-2-1-3-7-12/h1-9,11,17H,10H2. The molecule has 0 saturated heterocycles. The van der Waals surface area contributed by atoms with Crippen molar-refractivity contribution in [3.8, 4) is 5.69 Å². The summed E-state index contributed by atoms with van der Waals surface area (Å²) < 4.78 is 7.48. The molecule has 126 valence electrons. The molecular weight excluding hydrogens is 330 g/mol. The number of ketones is 2. The van der Waals surface area contributed by atoms with E-state index in [1.54, 1.807) is 35.1 Å². The average molecular weight is 343 g/mol. The van der Waals surface area contributed by atoms with Gasteiger partial charge in [-0.2, -0.15) is 0 Å². The zero-order valence-corrected chi connectivity index (χ0v) is 13.6. The lowest BCUT2D eigenvalue weighted by molar-refractivity contribution is 0.0834. The molecule has 1 unspecified atom stereocenters. The van der Waals surface area contributed by atoms with Gasteiger partial charge in [-0.15, -0.1) is 5.10 Å². The molecule has 0 amide bonds. The number of Topliss-reactive ketones (excluding diaryl/α,β-unsaturated/α-hetero) is 2. The molecule has 2 aliphatic rings. The lowest BCUT2D eigenvalue weighted by Gasteiger charge is -2.14. The van der Waals surface area contributed by atoms with Crippen LogP contribution in [-0.4, -0.2) is 26.6 Å². The van der Waals surface area contributed by atoms with Gasteiger partial charge in [-0.3, -0.25) is 9.59 Å². The lowest BCUT2D eigenvalue weighted by Crippen LogP contribution is -2.19. The number of para-hydroxylation sites is 1. The van der Waals surface area contributed by atoms with Gasteiger partial charge in [0.05, 0.1) is 17.5 Å². The third-order valence-corrected chi connectivity index (χ3v) is 4.68. The summed E-state index contributed by atoms with van der Waals surface area (Å²) in [7, 11) is 0. The molecule has 2 aromatic carbocycles. The second-order valence-electron chi connectivity index (χ2n) is 6.25. The van der Waals surface area contributed by atoms with Gasteiger partial charge >= 0.3 is 0 Å². The first-order valence-electron chi connectivity index (χ1n) is 8.28. The van der Waals surface area contributed by atoms with E-state index in [0.717, 1.165) is 5.69 Å². The van der Waals surface area contributed by atoms with Gasteiger partial charge in [0.15, 0.2) is 11.5 Å². The van der Waals surface area contributed by atoms with Gasteiger partial charge in [0, 0.05) is 17.5 Å². The third kappa shape index (κ3) is 2.12. The van der Waals surface area contributed by atoms with Crippen LogP contribution in [0.1, 0.15) is 38.9 Å². The van der Waals surface area contributed by atoms with Crippen molar-refractivity contribution in [3.05, 3.63) is 88.9 Å². The van der Waals surface area contributed by atoms with Crippen molar-refractivity contribution < 1.29 is 14.3 Å². The number of hydrogen-bond donors (Lipinski definition) is 0. The highest BCUT2D eigenvalue weighted by Gasteiger charge is 2.41. The van der Waals surface area contributed by atoms with E-state index in [-0.39, 0.29) is 17.3 Å². The zero-order valence-electron chi connectivity index (χ0n) is 13.6. The topological polar surface area (TPSA) is 74.1 Å². The molecule has 0 bridgehead atoms. The number of ether oxygens (including phenoxy) is 1. The van der Waals surface area contributed by atoms with E-state index in [1.165, 1.54) is 0 Å². The molecule has 26 heavy (non-hydrogen) atoms. The second-order valence-corrected chi connectivity index (χ2v) is 6.25. The van der Waals surface area contributed by atoms with Crippen molar-refractivity contribution in [2.24, 2.45) is 0 Å². The fourth-order valence-corrected chi connectivity index (χ4v) is 3.38. The molecule has 0 radical (unpaired) electrons. The fraction of sp³-hybridized carbons (Fsp3) is 0.100. The van der Waals surface area contributed by atoms with Crippen LogP contribution in [0.25, 0.3) is 5.69 Å². The van der Waals surface area contributed by atoms with Crippen molar-refractivity contribution >= 4 is 11.6 Å². The van der Waals surface area contributed by atoms with Crippen LogP contribution in [0.15, 0.2) is 72.1 Å². The predicted molar refractivity (Wildman–Crippen MR) is 91.9 cm³/mol. The number of fused-ring (bicyclic) bond motifs is 1. The van der Waals surface area contributed by atoms with Gasteiger partial charge in [-0.1, -0.05) is 47.7 Å². The summed E-state index contributed by atoms with van der Waals surface area (Å²) in [5.41, 5.74) is 2.72. The first kappa shape index (κ1) is 14.8. The van der Waals surface area contributed by atoms with Gasteiger partial charge in [-0.05, 0) is 12.1 Å². The first-order chi connectivity index (χ1) is 12.7. The molecule has 6 nitrogen and oxygen atoms in total. The van der Waals surface area contributed by atoms with E-state index in [4.69, 9.17) is 4.74 Å². The van der Waals surface area contributed by atoms with E-state index >= 15 is 0 Å². The Labute approximate surface area is 148 Å².